The van der Waals surface area contributed by atoms with Crippen molar-refractivity contribution in [1.82, 2.24) is 29.2 Å². The number of anilines is 2. The fourth-order valence-corrected chi connectivity index (χ4v) is 3.63. The number of rotatable bonds is 4. The van der Waals surface area contributed by atoms with E-state index in [1.807, 2.05) is 0 Å². The molecule has 0 unspecified atom stereocenters. The van der Waals surface area contributed by atoms with E-state index in [2.05, 4.69) is 20.4 Å². The zero-order chi connectivity index (χ0) is 22.2. The molecule has 1 fully saturated rings. The van der Waals surface area contributed by atoms with Crippen LogP contribution in [0.15, 0.2) is 43.0 Å². The summed E-state index contributed by atoms with van der Waals surface area (Å²) in [5.74, 6) is -2.23. The molecule has 1 amide bonds. The summed E-state index contributed by atoms with van der Waals surface area (Å²) in [6, 6.07) is 4.00. The van der Waals surface area contributed by atoms with Crippen molar-refractivity contribution < 1.29 is 18.3 Å². The summed E-state index contributed by atoms with van der Waals surface area (Å²) in [4.78, 5) is 22.7. The van der Waals surface area contributed by atoms with Gasteiger partial charge in [0.15, 0.2) is 0 Å². The van der Waals surface area contributed by atoms with Crippen molar-refractivity contribution in [3.63, 3.8) is 0 Å². The van der Waals surface area contributed by atoms with Crippen molar-refractivity contribution >= 4 is 28.6 Å². The highest BCUT2D eigenvalue weighted by Crippen LogP contribution is 2.25. The van der Waals surface area contributed by atoms with E-state index in [0.717, 1.165) is 12.1 Å². The molecule has 1 saturated heterocycles. The Morgan fingerprint density at radius 2 is 1.91 bits per heavy atom. The van der Waals surface area contributed by atoms with Crippen LogP contribution in [-0.2, 0) is 11.8 Å². The molecule has 11 heteroatoms. The molecule has 5 rings (SSSR count). The molecule has 1 aliphatic heterocycles. The number of carbonyl (C=O) groups is 1. The van der Waals surface area contributed by atoms with Crippen molar-refractivity contribution in [3.8, 4) is 5.69 Å². The van der Waals surface area contributed by atoms with E-state index < -0.39 is 23.1 Å². The molecule has 0 bridgehead atoms. The molecule has 1 aliphatic rings. The minimum Gasteiger partial charge on any atom is -0.378 e. The van der Waals surface area contributed by atoms with Crippen molar-refractivity contribution in [2.24, 2.45) is 7.05 Å². The molecular weight excluding hydrogens is 420 g/mol. The van der Waals surface area contributed by atoms with Crippen LogP contribution in [0.4, 0.5) is 20.4 Å². The molecule has 0 atom stereocenters. The lowest BCUT2D eigenvalue weighted by molar-refractivity contribution is 0.0296. The van der Waals surface area contributed by atoms with E-state index in [0.29, 0.717) is 49.0 Å². The fraction of sp³-hybridized carbons (Fsp3) is 0.238. The monoisotopic (exact) mass is 439 g/mol. The molecule has 9 nitrogen and oxygen atoms in total. The number of halogens is 2. The number of morpholine rings is 1. The third-order valence-electron chi connectivity index (χ3n) is 5.21. The van der Waals surface area contributed by atoms with E-state index in [1.54, 1.807) is 47.2 Å². The van der Waals surface area contributed by atoms with E-state index in [4.69, 9.17) is 4.74 Å². The first-order chi connectivity index (χ1) is 15.5. The Morgan fingerprint density at radius 3 is 2.59 bits per heavy atom. The predicted octanol–water partition coefficient (Wildman–Crippen LogP) is 2.65. The number of carbonyl (C=O) groups excluding carboxylic acids is 1. The van der Waals surface area contributed by atoms with Gasteiger partial charge in [-0.3, -0.25) is 9.48 Å². The molecule has 1 N–H and O–H groups in total. The van der Waals surface area contributed by atoms with Crippen LogP contribution in [0.25, 0.3) is 16.7 Å². The number of hydrogen-bond donors (Lipinski definition) is 1. The quantitative estimate of drug-likeness (QED) is 0.526. The van der Waals surface area contributed by atoms with Crippen LogP contribution in [0.3, 0.4) is 0 Å². The lowest BCUT2D eigenvalue weighted by Crippen LogP contribution is -2.41. The van der Waals surface area contributed by atoms with Gasteiger partial charge in [0.2, 0.25) is 5.95 Å². The van der Waals surface area contributed by atoms with Gasteiger partial charge >= 0.3 is 0 Å². The normalized spacial score (nSPS) is 14.2. The molecule has 164 valence electrons. The molecule has 4 aromatic rings. The summed E-state index contributed by atoms with van der Waals surface area (Å²) in [5, 5.41) is 7.81. The summed E-state index contributed by atoms with van der Waals surface area (Å²) < 4.78 is 38.2. The van der Waals surface area contributed by atoms with Crippen LogP contribution in [0.1, 0.15) is 10.4 Å². The Labute approximate surface area is 181 Å². The molecule has 0 radical (unpaired) electrons. The third-order valence-corrected chi connectivity index (χ3v) is 5.21. The van der Waals surface area contributed by atoms with Gasteiger partial charge in [-0.15, -0.1) is 0 Å². The second-order valence-corrected chi connectivity index (χ2v) is 7.37. The summed E-state index contributed by atoms with van der Waals surface area (Å²) in [5.41, 5.74) is 0.797. The minimum absolute atomic E-state index is 0.208. The maximum absolute atomic E-state index is 14.9. The second-order valence-electron chi connectivity index (χ2n) is 7.37. The van der Waals surface area contributed by atoms with Gasteiger partial charge in [-0.2, -0.15) is 10.1 Å². The van der Waals surface area contributed by atoms with Crippen molar-refractivity contribution in [1.29, 1.82) is 0 Å². The zero-order valence-corrected chi connectivity index (χ0v) is 17.1. The largest absolute Gasteiger partial charge is 0.378 e. The highest BCUT2D eigenvalue weighted by atomic mass is 19.1. The maximum Gasteiger partial charge on any atom is 0.259 e. The van der Waals surface area contributed by atoms with E-state index in [1.165, 1.54) is 4.90 Å². The minimum atomic E-state index is -0.930. The summed E-state index contributed by atoms with van der Waals surface area (Å²) >= 11 is 0. The standard InChI is InChI=1S/C21H19F2N7O2/c1-28-12-14(11-25-28)26-21-24-10-13-2-3-30(19(13)27-21)15-8-16(22)18(17(23)9-15)20(31)29-4-6-32-7-5-29/h2-3,8-12H,4-7H2,1H3,(H,24,26,27). The van der Waals surface area contributed by atoms with Gasteiger partial charge in [-0.05, 0) is 18.2 Å². The van der Waals surface area contributed by atoms with Gasteiger partial charge < -0.3 is 19.5 Å². The van der Waals surface area contributed by atoms with Gasteiger partial charge in [0.1, 0.15) is 22.8 Å². The second kappa shape index (κ2) is 8.00. The molecule has 32 heavy (non-hydrogen) atoms. The highest BCUT2D eigenvalue weighted by Gasteiger charge is 2.26. The number of amides is 1. The molecule has 0 aliphatic carbocycles. The first-order valence-electron chi connectivity index (χ1n) is 9.96. The number of fused-ring (bicyclic) bond motifs is 1. The molecule has 4 heterocycles. The molecule has 0 saturated carbocycles. The molecule has 0 spiro atoms. The zero-order valence-electron chi connectivity index (χ0n) is 17.1. The van der Waals surface area contributed by atoms with Gasteiger partial charge in [-0.25, -0.2) is 13.8 Å². The average Bonchev–Trinajstić information content (AvgIpc) is 3.39. The molecule has 3 aromatic heterocycles. The van der Waals surface area contributed by atoms with E-state index >= 15 is 0 Å². The topological polar surface area (TPSA) is 90.1 Å². The van der Waals surface area contributed by atoms with Crippen molar-refractivity contribution in [2.75, 3.05) is 31.6 Å². The summed E-state index contributed by atoms with van der Waals surface area (Å²) in [6.45, 7) is 1.28. The van der Waals surface area contributed by atoms with E-state index in [9.17, 15) is 13.6 Å². The smallest absolute Gasteiger partial charge is 0.259 e. The number of ether oxygens (including phenoxy) is 1. The first-order valence-corrected chi connectivity index (χ1v) is 9.96. The van der Waals surface area contributed by atoms with Crippen molar-refractivity contribution in [3.05, 3.63) is 60.2 Å². The number of aromatic nitrogens is 5. The molecule has 1 aromatic carbocycles. The Morgan fingerprint density at radius 1 is 1.16 bits per heavy atom. The SMILES string of the molecule is Cn1cc(Nc2ncc3ccn(-c4cc(F)c(C(=O)N5CCOCC5)c(F)c4)c3n2)cn1. The lowest BCUT2D eigenvalue weighted by Gasteiger charge is -2.27. The predicted molar refractivity (Wildman–Crippen MR) is 112 cm³/mol. The fourth-order valence-electron chi connectivity index (χ4n) is 3.63. The van der Waals surface area contributed by atoms with Gasteiger partial charge in [0.05, 0.1) is 30.8 Å². The van der Waals surface area contributed by atoms with Crippen LogP contribution in [0.5, 0.6) is 0 Å². The Balaban J connectivity index is 1.49. The van der Waals surface area contributed by atoms with Crippen molar-refractivity contribution in [2.45, 2.75) is 0 Å². The molecular formula is C21H19F2N7O2. The highest BCUT2D eigenvalue weighted by molar-refractivity contribution is 5.95. The van der Waals surface area contributed by atoms with Gasteiger partial charge in [-0.1, -0.05) is 0 Å². The Bertz CT molecular complexity index is 1290. The Kier molecular flexibility index (Phi) is 5.02. The maximum atomic E-state index is 14.9. The number of benzene rings is 1. The summed E-state index contributed by atoms with van der Waals surface area (Å²) in [6.07, 6.45) is 6.65. The van der Waals surface area contributed by atoms with Gasteiger partial charge in [0, 0.05) is 44.1 Å². The average molecular weight is 439 g/mol. The first kappa shape index (κ1) is 20.1. The number of aryl methyl sites for hydroxylation is 1. The van der Waals surface area contributed by atoms with Crippen LogP contribution < -0.4 is 5.32 Å². The lowest BCUT2D eigenvalue weighted by atomic mass is 10.1. The number of hydrogen-bond acceptors (Lipinski definition) is 6. The van der Waals surface area contributed by atoms with Gasteiger partial charge in [0.25, 0.3) is 5.91 Å². The summed E-state index contributed by atoms with van der Waals surface area (Å²) in [7, 11) is 1.79. The van der Waals surface area contributed by atoms with Crippen LogP contribution in [0, 0.1) is 11.6 Å². The number of nitrogens with zero attached hydrogens (tertiary/aromatic N) is 6. The van der Waals surface area contributed by atoms with E-state index in [-0.39, 0.29) is 5.69 Å². The van der Waals surface area contributed by atoms with Crippen LogP contribution in [0.2, 0.25) is 0 Å². The third kappa shape index (κ3) is 3.66. The van der Waals surface area contributed by atoms with Crippen LogP contribution >= 0.6 is 0 Å². The Hall–Kier alpha value is -3.86. The number of nitrogens with one attached hydrogen (secondary N) is 1. The van der Waals surface area contributed by atoms with Crippen LogP contribution in [-0.4, -0.2) is 61.4 Å².